The molecular weight excluding hydrogens is 228 g/mol. The van der Waals surface area contributed by atoms with Crippen molar-refractivity contribution in [3.63, 3.8) is 0 Å². The molecule has 13 heavy (non-hydrogen) atoms. The van der Waals surface area contributed by atoms with Crippen molar-refractivity contribution in [3.05, 3.63) is 40.7 Å². The lowest BCUT2D eigenvalue weighted by atomic mass is 10.1. The van der Waals surface area contributed by atoms with Gasteiger partial charge in [-0.05, 0) is 18.6 Å². The third-order valence-corrected chi connectivity index (χ3v) is 2.31. The number of halogens is 1. The van der Waals surface area contributed by atoms with Crippen molar-refractivity contribution in [2.75, 3.05) is 0 Å². The summed E-state index contributed by atoms with van der Waals surface area (Å²) in [6.45, 7) is 2.04. The molecule has 0 saturated carbocycles. The summed E-state index contributed by atoms with van der Waals surface area (Å²) < 4.78 is 1.00. The lowest BCUT2D eigenvalue weighted by Gasteiger charge is -1.99. The number of Topliss-reactive ketones (excluding diaryl/α,β-unsaturated/α-hetero) is 1. The number of hydrogen-bond acceptors (Lipinski definition) is 1. The molecule has 1 aromatic rings. The zero-order valence-electron chi connectivity index (χ0n) is 7.59. The molecule has 0 spiro atoms. The Morgan fingerprint density at radius 2 is 2.00 bits per heavy atom. The van der Waals surface area contributed by atoms with Crippen LogP contribution < -0.4 is 0 Å². The van der Waals surface area contributed by atoms with Crippen LogP contribution in [0.1, 0.15) is 30.1 Å². The zero-order valence-corrected chi connectivity index (χ0v) is 9.17. The van der Waals surface area contributed by atoms with E-state index in [0.717, 1.165) is 16.5 Å². The van der Waals surface area contributed by atoms with Crippen LogP contribution in [0.2, 0.25) is 0 Å². The molecule has 0 fully saturated rings. The third kappa shape index (κ3) is 3.31. The van der Waals surface area contributed by atoms with Gasteiger partial charge in [-0.3, -0.25) is 4.79 Å². The third-order valence-electron chi connectivity index (χ3n) is 1.78. The van der Waals surface area contributed by atoms with Crippen molar-refractivity contribution in [2.24, 2.45) is 0 Å². The first-order chi connectivity index (χ1) is 6.24. The molecule has 1 radical (unpaired) electrons. The van der Waals surface area contributed by atoms with E-state index in [0.29, 0.717) is 6.42 Å². The highest BCUT2D eigenvalue weighted by atomic mass is 79.9. The van der Waals surface area contributed by atoms with Gasteiger partial charge in [-0.1, -0.05) is 41.4 Å². The number of ketones is 1. The second-order valence-corrected chi connectivity index (χ2v) is 3.75. The first-order valence-corrected chi connectivity index (χ1v) is 5.13. The van der Waals surface area contributed by atoms with Crippen LogP contribution in [-0.4, -0.2) is 5.78 Å². The normalized spacial score (nSPS) is 10.0. The molecule has 1 aromatic carbocycles. The van der Waals surface area contributed by atoms with Crippen LogP contribution in [0.5, 0.6) is 0 Å². The Balaban J connectivity index is 2.61. The topological polar surface area (TPSA) is 17.1 Å². The zero-order chi connectivity index (χ0) is 9.68. The maximum Gasteiger partial charge on any atom is 0.163 e. The summed E-state index contributed by atoms with van der Waals surface area (Å²) in [4.78, 5) is 11.5. The first kappa shape index (κ1) is 10.5. The number of hydrogen-bond donors (Lipinski definition) is 0. The van der Waals surface area contributed by atoms with E-state index < -0.39 is 0 Å². The molecule has 0 N–H and O–H groups in total. The van der Waals surface area contributed by atoms with Gasteiger partial charge in [-0.2, -0.15) is 0 Å². The highest BCUT2D eigenvalue weighted by molar-refractivity contribution is 9.10. The molecule has 0 saturated heterocycles. The van der Waals surface area contributed by atoms with Gasteiger partial charge in [-0.25, -0.2) is 0 Å². The van der Waals surface area contributed by atoms with Gasteiger partial charge >= 0.3 is 0 Å². The Morgan fingerprint density at radius 1 is 1.38 bits per heavy atom. The highest BCUT2D eigenvalue weighted by Crippen LogP contribution is 2.12. The maximum atomic E-state index is 11.5. The predicted octanol–water partition coefficient (Wildman–Crippen LogP) is 3.64. The van der Waals surface area contributed by atoms with Crippen LogP contribution in [0.4, 0.5) is 0 Å². The minimum atomic E-state index is 0.189. The molecule has 0 aliphatic carbocycles. The second kappa shape index (κ2) is 5.18. The van der Waals surface area contributed by atoms with Crippen molar-refractivity contribution in [1.29, 1.82) is 0 Å². The summed E-state index contributed by atoms with van der Waals surface area (Å²) in [6.07, 6.45) is 3.48. The molecule has 1 nitrogen and oxygen atoms in total. The van der Waals surface area contributed by atoms with Crippen molar-refractivity contribution in [3.8, 4) is 0 Å². The Hall–Kier alpha value is -0.630. The fraction of sp³-hybridized carbons (Fsp3) is 0.273. The largest absolute Gasteiger partial charge is 0.294 e. The second-order valence-electron chi connectivity index (χ2n) is 2.83. The molecule has 0 amide bonds. The summed E-state index contributed by atoms with van der Waals surface area (Å²) in [7, 11) is 0. The van der Waals surface area contributed by atoms with E-state index in [9.17, 15) is 4.79 Å². The summed E-state index contributed by atoms with van der Waals surface area (Å²) >= 11 is 3.33. The molecule has 69 valence electrons. The minimum Gasteiger partial charge on any atom is -0.294 e. The van der Waals surface area contributed by atoms with Gasteiger partial charge < -0.3 is 0 Å². The Bertz CT molecular complexity index is 277. The smallest absolute Gasteiger partial charge is 0.163 e. The lowest BCUT2D eigenvalue weighted by molar-refractivity contribution is 0.0991. The van der Waals surface area contributed by atoms with Crippen molar-refractivity contribution < 1.29 is 4.79 Å². The van der Waals surface area contributed by atoms with E-state index in [4.69, 9.17) is 0 Å². The maximum absolute atomic E-state index is 11.5. The molecule has 1 rings (SSSR count). The predicted molar refractivity (Wildman–Crippen MR) is 57.7 cm³/mol. The van der Waals surface area contributed by atoms with E-state index in [2.05, 4.69) is 15.9 Å². The van der Waals surface area contributed by atoms with Gasteiger partial charge in [-0.15, -0.1) is 0 Å². The Kier molecular flexibility index (Phi) is 4.16. The van der Waals surface area contributed by atoms with E-state index in [1.807, 2.05) is 37.6 Å². The van der Waals surface area contributed by atoms with Crippen molar-refractivity contribution in [2.45, 2.75) is 19.8 Å². The molecule has 0 atom stereocenters. The Morgan fingerprint density at radius 3 is 2.54 bits per heavy atom. The van der Waals surface area contributed by atoms with Gasteiger partial charge in [0.15, 0.2) is 5.78 Å². The van der Waals surface area contributed by atoms with E-state index >= 15 is 0 Å². The fourth-order valence-corrected chi connectivity index (χ4v) is 1.29. The van der Waals surface area contributed by atoms with Gasteiger partial charge in [0, 0.05) is 16.5 Å². The molecule has 0 heterocycles. The molecule has 0 unspecified atom stereocenters. The van der Waals surface area contributed by atoms with Crippen LogP contribution in [0, 0.1) is 6.42 Å². The number of unbranched alkanes of at least 4 members (excludes halogenated alkanes) is 1. The summed E-state index contributed by atoms with van der Waals surface area (Å²) in [5.41, 5.74) is 0.785. The monoisotopic (exact) mass is 239 g/mol. The van der Waals surface area contributed by atoms with Crippen LogP contribution in [0.25, 0.3) is 0 Å². The number of rotatable bonds is 4. The molecule has 0 aromatic heterocycles. The first-order valence-electron chi connectivity index (χ1n) is 4.34. The van der Waals surface area contributed by atoms with Crippen molar-refractivity contribution in [1.82, 2.24) is 0 Å². The van der Waals surface area contributed by atoms with Gasteiger partial charge in [0.05, 0.1) is 0 Å². The summed E-state index contributed by atoms with van der Waals surface area (Å²) in [5, 5.41) is 0. The van der Waals surface area contributed by atoms with Crippen LogP contribution in [-0.2, 0) is 0 Å². The van der Waals surface area contributed by atoms with E-state index in [1.165, 1.54) is 0 Å². The standard InChI is InChI=1S/C11H12BrO/c1-2-3-4-11(13)9-5-7-10(12)8-6-9/h3,5-8H,2,4H2,1H3. The van der Waals surface area contributed by atoms with E-state index in [-0.39, 0.29) is 5.78 Å². The quantitative estimate of drug-likeness (QED) is 0.734. The van der Waals surface area contributed by atoms with Crippen LogP contribution in [0.15, 0.2) is 28.7 Å². The lowest BCUT2D eigenvalue weighted by Crippen LogP contribution is -1.98. The minimum absolute atomic E-state index is 0.189. The van der Waals surface area contributed by atoms with E-state index in [1.54, 1.807) is 0 Å². The average molecular weight is 240 g/mol. The fourth-order valence-electron chi connectivity index (χ4n) is 1.03. The molecule has 0 aliphatic rings. The molecule has 0 aliphatic heterocycles. The molecule has 2 heteroatoms. The van der Waals surface area contributed by atoms with Crippen LogP contribution in [0.3, 0.4) is 0 Å². The number of carbonyl (C=O) groups excluding carboxylic acids is 1. The van der Waals surface area contributed by atoms with Crippen LogP contribution >= 0.6 is 15.9 Å². The summed E-state index contributed by atoms with van der Waals surface area (Å²) in [6, 6.07) is 7.46. The molecule has 0 bridgehead atoms. The molecular formula is C11H12BrO. The van der Waals surface area contributed by atoms with Gasteiger partial charge in [0.25, 0.3) is 0 Å². The Labute approximate surface area is 87.3 Å². The van der Waals surface area contributed by atoms with Crippen molar-refractivity contribution >= 4 is 21.7 Å². The highest BCUT2D eigenvalue weighted by Gasteiger charge is 2.03. The summed E-state index contributed by atoms with van der Waals surface area (Å²) in [5.74, 6) is 0.189. The number of carbonyl (C=O) groups is 1. The van der Waals surface area contributed by atoms with Gasteiger partial charge in [0.1, 0.15) is 0 Å². The SMILES string of the molecule is CC[CH]CC(=O)c1ccc(Br)cc1. The number of benzene rings is 1. The average Bonchev–Trinajstić information content (AvgIpc) is 2.15. The van der Waals surface area contributed by atoms with Gasteiger partial charge in [0.2, 0.25) is 0 Å².